The number of aliphatic hydroxyl groups is 1. The molecule has 5 atom stereocenters. The van der Waals surface area contributed by atoms with Gasteiger partial charge in [0, 0.05) is 0 Å². The van der Waals surface area contributed by atoms with E-state index in [1.54, 1.807) is 6.33 Å². The highest BCUT2D eigenvalue weighted by Gasteiger charge is 2.49. The van der Waals surface area contributed by atoms with Crippen LogP contribution >= 0.6 is 0 Å². The Hall–Kier alpha value is -1.47. The molecule has 2 fully saturated rings. The van der Waals surface area contributed by atoms with Gasteiger partial charge in [-0.3, -0.25) is 0 Å². The van der Waals surface area contributed by atoms with Gasteiger partial charge in [0.05, 0.1) is 36.1 Å². The Morgan fingerprint density at radius 3 is 3.11 bits per heavy atom. The monoisotopic (exact) mass is 261 g/mol. The van der Waals surface area contributed by atoms with E-state index in [0.717, 1.165) is 11.0 Å². The van der Waals surface area contributed by atoms with E-state index in [1.807, 2.05) is 28.8 Å². The number of hydrogen-bond acceptors (Lipinski definition) is 5. The molecule has 0 aliphatic carbocycles. The minimum Gasteiger partial charge on any atom is -0.389 e. The first kappa shape index (κ1) is 11.4. The second-order valence-corrected chi connectivity index (χ2v) is 5.08. The minimum absolute atomic E-state index is 0.217. The van der Waals surface area contributed by atoms with Crippen molar-refractivity contribution < 1.29 is 14.6 Å². The van der Waals surface area contributed by atoms with Crippen LogP contribution in [0.5, 0.6) is 0 Å². The maximum absolute atomic E-state index is 10.4. The van der Waals surface area contributed by atoms with Crippen LogP contribution in [0.4, 0.5) is 0 Å². The molecule has 2 bridgehead atoms. The molecule has 0 saturated carbocycles. The Morgan fingerprint density at radius 1 is 1.37 bits per heavy atom. The summed E-state index contributed by atoms with van der Waals surface area (Å²) in [7, 11) is 0. The van der Waals surface area contributed by atoms with Crippen LogP contribution in [0.3, 0.4) is 0 Å². The lowest BCUT2D eigenvalue weighted by atomic mass is 9.97. The third kappa shape index (κ3) is 1.54. The fourth-order valence-corrected chi connectivity index (χ4v) is 2.94. The zero-order valence-corrected chi connectivity index (χ0v) is 10.2. The summed E-state index contributed by atoms with van der Waals surface area (Å²) in [5.74, 6) is 0. The van der Waals surface area contributed by atoms with Crippen molar-refractivity contribution >= 4 is 11.0 Å². The van der Waals surface area contributed by atoms with Crippen molar-refractivity contribution in [2.45, 2.75) is 30.6 Å². The number of nitrogens with two attached hydrogens (primary N) is 1. The molecule has 3 heterocycles. The number of nitrogens with zero attached hydrogens (tertiary/aromatic N) is 2. The van der Waals surface area contributed by atoms with Crippen LogP contribution in [0.1, 0.15) is 6.04 Å². The summed E-state index contributed by atoms with van der Waals surface area (Å²) < 4.78 is 13.2. The van der Waals surface area contributed by atoms with Crippen molar-refractivity contribution in [1.29, 1.82) is 0 Å². The Labute approximate surface area is 109 Å². The lowest BCUT2D eigenvalue weighted by Gasteiger charge is -2.37. The summed E-state index contributed by atoms with van der Waals surface area (Å²) in [4.78, 5) is 4.34. The summed E-state index contributed by atoms with van der Waals surface area (Å²) in [6.07, 6.45) is 0.323. The zero-order chi connectivity index (χ0) is 13.0. The van der Waals surface area contributed by atoms with Crippen LogP contribution in [0.25, 0.3) is 11.0 Å². The van der Waals surface area contributed by atoms with Crippen molar-refractivity contribution in [3.05, 3.63) is 30.6 Å². The normalized spacial score (nSPS) is 37.9. The van der Waals surface area contributed by atoms with E-state index in [-0.39, 0.29) is 12.1 Å². The number of aliphatic hydroxyl groups excluding tert-OH is 1. The molecule has 4 rings (SSSR count). The second-order valence-electron chi connectivity index (χ2n) is 5.08. The summed E-state index contributed by atoms with van der Waals surface area (Å²) in [6, 6.07) is 6.96. The van der Waals surface area contributed by atoms with E-state index in [9.17, 15) is 5.11 Å². The number of para-hydroxylation sites is 2. The first-order valence-corrected chi connectivity index (χ1v) is 6.38. The van der Waals surface area contributed by atoms with Gasteiger partial charge >= 0.3 is 0 Å². The summed E-state index contributed by atoms with van der Waals surface area (Å²) in [6.45, 7) is 0.437. The largest absolute Gasteiger partial charge is 0.389 e. The van der Waals surface area contributed by atoms with Crippen LogP contribution in [-0.2, 0) is 9.47 Å². The molecule has 2 aliphatic rings. The Morgan fingerprint density at radius 2 is 2.21 bits per heavy atom. The Kier molecular flexibility index (Phi) is 2.40. The van der Waals surface area contributed by atoms with E-state index < -0.39 is 18.4 Å². The van der Waals surface area contributed by atoms with Gasteiger partial charge < -0.3 is 24.9 Å². The highest BCUT2D eigenvalue weighted by atomic mass is 16.7. The second kappa shape index (κ2) is 4.01. The van der Waals surface area contributed by atoms with Crippen molar-refractivity contribution in [1.82, 2.24) is 9.55 Å². The highest BCUT2D eigenvalue weighted by molar-refractivity contribution is 5.75. The lowest BCUT2D eigenvalue weighted by molar-refractivity contribution is -0.159. The summed E-state index contributed by atoms with van der Waals surface area (Å²) in [5.41, 5.74) is 7.83. The van der Waals surface area contributed by atoms with E-state index >= 15 is 0 Å². The summed E-state index contributed by atoms with van der Waals surface area (Å²) in [5, 5.41) is 10.4. The molecule has 1 aromatic heterocycles. The Bertz CT molecular complexity index is 614. The summed E-state index contributed by atoms with van der Waals surface area (Å²) >= 11 is 0. The molecule has 100 valence electrons. The maximum atomic E-state index is 10.4. The smallest absolute Gasteiger partial charge is 0.181 e. The molecule has 0 radical (unpaired) electrons. The van der Waals surface area contributed by atoms with Crippen LogP contribution in [-0.4, -0.2) is 45.8 Å². The number of hydrogen-bond donors (Lipinski definition) is 2. The van der Waals surface area contributed by atoms with Gasteiger partial charge in [0.15, 0.2) is 6.29 Å². The van der Waals surface area contributed by atoms with Gasteiger partial charge in [-0.1, -0.05) is 12.1 Å². The zero-order valence-electron chi connectivity index (χ0n) is 10.2. The number of benzene rings is 1. The molecule has 6 nitrogen and oxygen atoms in total. The average molecular weight is 261 g/mol. The van der Waals surface area contributed by atoms with Crippen molar-refractivity contribution in [3.63, 3.8) is 0 Å². The van der Waals surface area contributed by atoms with Crippen molar-refractivity contribution in [2.75, 3.05) is 6.61 Å². The lowest BCUT2D eigenvalue weighted by Crippen LogP contribution is -2.55. The topological polar surface area (TPSA) is 82.5 Å². The van der Waals surface area contributed by atoms with Crippen molar-refractivity contribution in [2.24, 2.45) is 5.73 Å². The van der Waals surface area contributed by atoms with E-state index in [4.69, 9.17) is 15.2 Å². The number of ether oxygens (including phenoxy) is 2. The fraction of sp³-hybridized carbons (Fsp3) is 0.462. The average Bonchev–Trinajstić information content (AvgIpc) is 3.03. The quantitative estimate of drug-likeness (QED) is 0.756. The third-order valence-electron chi connectivity index (χ3n) is 3.99. The molecule has 2 aliphatic heterocycles. The van der Waals surface area contributed by atoms with Crippen LogP contribution < -0.4 is 5.73 Å². The minimum atomic E-state index is -0.705. The third-order valence-corrected chi connectivity index (χ3v) is 3.99. The predicted octanol–water partition coefficient (Wildman–Crippen LogP) is 0.0207. The molecule has 19 heavy (non-hydrogen) atoms. The molecule has 1 aromatic carbocycles. The van der Waals surface area contributed by atoms with Crippen LogP contribution in [0, 0.1) is 0 Å². The first-order valence-electron chi connectivity index (χ1n) is 6.38. The Balaban J connectivity index is 1.82. The SMILES string of the molecule is NC1C2COC(O2)C(n2cnc3ccccc32)C1O. The fourth-order valence-electron chi connectivity index (χ4n) is 2.94. The van der Waals surface area contributed by atoms with Gasteiger partial charge in [0.2, 0.25) is 0 Å². The van der Waals surface area contributed by atoms with Gasteiger partial charge in [-0.25, -0.2) is 4.98 Å². The van der Waals surface area contributed by atoms with E-state index in [2.05, 4.69) is 4.98 Å². The molecule has 0 spiro atoms. The molecule has 2 aromatic rings. The molecule has 5 unspecified atom stereocenters. The molecule has 2 saturated heterocycles. The number of imidazole rings is 1. The molecule has 6 heteroatoms. The van der Waals surface area contributed by atoms with Gasteiger partial charge in [-0.15, -0.1) is 0 Å². The molecular weight excluding hydrogens is 246 g/mol. The molecule has 3 N–H and O–H groups in total. The predicted molar refractivity (Wildman–Crippen MR) is 67.4 cm³/mol. The number of rotatable bonds is 1. The van der Waals surface area contributed by atoms with Crippen LogP contribution in [0.2, 0.25) is 0 Å². The number of aromatic nitrogens is 2. The molecular formula is C13H15N3O3. The highest BCUT2D eigenvalue weighted by Crippen LogP contribution is 2.36. The van der Waals surface area contributed by atoms with E-state index in [1.165, 1.54) is 0 Å². The van der Waals surface area contributed by atoms with Gasteiger partial charge in [0.1, 0.15) is 12.1 Å². The van der Waals surface area contributed by atoms with Gasteiger partial charge in [0.25, 0.3) is 0 Å². The first-order chi connectivity index (χ1) is 9.25. The molecule has 0 amide bonds. The van der Waals surface area contributed by atoms with E-state index in [0.29, 0.717) is 6.61 Å². The number of fused-ring (bicyclic) bond motifs is 3. The standard InChI is InChI=1S/C13H15N3O3/c14-10-9-5-18-13(19-9)11(12(10)17)16-6-15-7-3-1-2-4-8(7)16/h1-4,6,9-13,17H,5,14H2. The van der Waals surface area contributed by atoms with Gasteiger partial charge in [-0.2, -0.15) is 0 Å². The van der Waals surface area contributed by atoms with Crippen molar-refractivity contribution in [3.8, 4) is 0 Å². The van der Waals surface area contributed by atoms with Crippen LogP contribution in [0.15, 0.2) is 30.6 Å². The van der Waals surface area contributed by atoms with Gasteiger partial charge in [-0.05, 0) is 12.1 Å². The maximum Gasteiger partial charge on any atom is 0.181 e.